The highest BCUT2D eigenvalue weighted by molar-refractivity contribution is 5.83. The number of imidazole rings is 1. The van der Waals surface area contributed by atoms with Crippen molar-refractivity contribution in [2.24, 2.45) is 4.99 Å². The Kier molecular flexibility index (Phi) is 5.38. The molecule has 0 amide bonds. The Hall–Kier alpha value is -4.20. The number of hydrogen-bond donors (Lipinski definition) is 3. The molecule has 4 rings (SSSR count). The van der Waals surface area contributed by atoms with E-state index in [0.717, 1.165) is 35.0 Å². The maximum Gasteiger partial charge on any atom is 0.160 e. The van der Waals surface area contributed by atoms with Crippen molar-refractivity contribution in [2.45, 2.75) is 6.54 Å². The molecule has 1 aromatic carbocycles. The van der Waals surface area contributed by atoms with E-state index >= 15 is 0 Å². The molecule has 8 heteroatoms. The summed E-state index contributed by atoms with van der Waals surface area (Å²) in [5.41, 5.74) is 10.2. The Labute approximate surface area is 174 Å². The molecular weight excluding hydrogens is 376 g/mol. The Balaban J connectivity index is 1.63. The van der Waals surface area contributed by atoms with E-state index in [0.29, 0.717) is 18.1 Å². The fourth-order valence-corrected chi connectivity index (χ4v) is 3.26. The minimum atomic E-state index is 0.465. The number of anilines is 3. The van der Waals surface area contributed by atoms with Crippen LogP contribution < -0.4 is 16.0 Å². The molecule has 0 atom stereocenters. The van der Waals surface area contributed by atoms with Crippen LogP contribution in [0.2, 0.25) is 0 Å². The van der Waals surface area contributed by atoms with Gasteiger partial charge in [-0.1, -0.05) is 6.58 Å². The van der Waals surface area contributed by atoms with Gasteiger partial charge in [0.05, 0.1) is 30.2 Å². The maximum atomic E-state index is 7.32. The first kappa shape index (κ1) is 19.1. The van der Waals surface area contributed by atoms with E-state index in [1.54, 1.807) is 41.7 Å². The van der Waals surface area contributed by atoms with Crippen molar-refractivity contribution in [1.29, 1.82) is 5.41 Å². The fourth-order valence-electron chi connectivity index (χ4n) is 3.26. The minimum absolute atomic E-state index is 0.465. The van der Waals surface area contributed by atoms with Crippen molar-refractivity contribution in [3.05, 3.63) is 73.5 Å². The standard InChI is InChI=1S/C22H22N8/c1-16(30(12-3-7-23)22-18(24)4-2-8-27-22)15-29-13-11-28-21(29)17-5-6-19-20(14-17)26-10-9-25-19/h2-8,10-14,23,25H,1,9,15,24H2/b12-3+,23-7?. The Morgan fingerprint density at radius 2 is 2.20 bits per heavy atom. The average molecular weight is 398 g/mol. The zero-order valence-corrected chi connectivity index (χ0v) is 16.4. The molecule has 3 heterocycles. The summed E-state index contributed by atoms with van der Waals surface area (Å²) < 4.78 is 2.01. The highest BCUT2D eigenvalue weighted by Crippen LogP contribution is 2.32. The van der Waals surface area contributed by atoms with Crippen LogP contribution in [0.5, 0.6) is 0 Å². The van der Waals surface area contributed by atoms with E-state index in [9.17, 15) is 0 Å². The summed E-state index contributed by atoms with van der Waals surface area (Å²) in [5.74, 6) is 1.38. The van der Waals surface area contributed by atoms with Crippen molar-refractivity contribution in [2.75, 3.05) is 22.5 Å². The van der Waals surface area contributed by atoms with Gasteiger partial charge in [0.15, 0.2) is 5.82 Å². The number of nitrogens with zero attached hydrogens (tertiary/aromatic N) is 5. The van der Waals surface area contributed by atoms with E-state index in [4.69, 9.17) is 11.1 Å². The van der Waals surface area contributed by atoms with E-state index in [1.807, 2.05) is 35.2 Å². The summed E-state index contributed by atoms with van der Waals surface area (Å²) in [4.78, 5) is 15.2. The third kappa shape index (κ3) is 3.83. The number of allylic oxidation sites excluding steroid dienone is 2. The molecule has 1 aliphatic heterocycles. The molecule has 8 nitrogen and oxygen atoms in total. The number of aromatic nitrogens is 3. The third-order valence-electron chi connectivity index (χ3n) is 4.66. The summed E-state index contributed by atoms with van der Waals surface area (Å²) in [6.07, 6.45) is 11.7. The largest absolute Gasteiger partial charge is 0.396 e. The van der Waals surface area contributed by atoms with Crippen LogP contribution in [0.1, 0.15) is 0 Å². The van der Waals surface area contributed by atoms with Crippen LogP contribution in [0, 0.1) is 5.41 Å². The van der Waals surface area contributed by atoms with Gasteiger partial charge in [0.2, 0.25) is 0 Å². The minimum Gasteiger partial charge on any atom is -0.396 e. The molecule has 0 unspecified atom stereocenters. The molecule has 0 spiro atoms. The lowest BCUT2D eigenvalue weighted by atomic mass is 10.1. The van der Waals surface area contributed by atoms with Gasteiger partial charge < -0.3 is 25.9 Å². The number of fused-ring (bicyclic) bond motifs is 1. The molecular formula is C22H22N8. The first-order valence-corrected chi connectivity index (χ1v) is 9.44. The van der Waals surface area contributed by atoms with E-state index in [1.165, 1.54) is 6.21 Å². The molecule has 150 valence electrons. The van der Waals surface area contributed by atoms with E-state index in [-0.39, 0.29) is 0 Å². The molecule has 30 heavy (non-hydrogen) atoms. The fraction of sp³-hybridized carbons (Fsp3) is 0.0909. The summed E-state index contributed by atoms with van der Waals surface area (Å²) in [6.45, 7) is 5.42. The number of nitrogens with one attached hydrogen (secondary N) is 2. The Morgan fingerprint density at radius 3 is 3.03 bits per heavy atom. The molecule has 3 aromatic rings. The van der Waals surface area contributed by atoms with Gasteiger partial charge in [0.25, 0.3) is 0 Å². The smallest absolute Gasteiger partial charge is 0.160 e. The Morgan fingerprint density at radius 1 is 1.30 bits per heavy atom. The highest BCUT2D eigenvalue weighted by atomic mass is 15.2. The van der Waals surface area contributed by atoms with Crippen LogP contribution >= 0.6 is 0 Å². The molecule has 0 fully saturated rings. The number of rotatable bonds is 7. The maximum absolute atomic E-state index is 7.32. The van der Waals surface area contributed by atoms with Gasteiger partial charge in [-0.15, -0.1) is 0 Å². The van der Waals surface area contributed by atoms with Gasteiger partial charge in [0.1, 0.15) is 5.82 Å². The quantitative estimate of drug-likeness (QED) is 0.524. The van der Waals surface area contributed by atoms with E-state index < -0.39 is 0 Å². The van der Waals surface area contributed by atoms with Crippen molar-refractivity contribution < 1.29 is 0 Å². The monoisotopic (exact) mass is 398 g/mol. The van der Waals surface area contributed by atoms with Crippen molar-refractivity contribution in [3.63, 3.8) is 0 Å². The average Bonchev–Trinajstić information content (AvgIpc) is 3.23. The SMILES string of the molecule is C=C(Cn1ccnc1-c1ccc2c(c1)N=CCN2)N(/C=C/C=N)c1ncccc1N. The Bertz CT molecular complexity index is 1140. The van der Waals surface area contributed by atoms with Gasteiger partial charge in [-0.05, 0) is 36.4 Å². The van der Waals surface area contributed by atoms with Crippen LogP contribution in [0.3, 0.4) is 0 Å². The van der Waals surface area contributed by atoms with E-state index in [2.05, 4.69) is 26.9 Å². The van der Waals surface area contributed by atoms with Gasteiger partial charge >= 0.3 is 0 Å². The number of nitrogens with two attached hydrogens (primary N) is 1. The molecule has 4 N–H and O–H groups in total. The third-order valence-corrected chi connectivity index (χ3v) is 4.66. The van der Waals surface area contributed by atoms with Crippen molar-refractivity contribution >= 4 is 35.3 Å². The van der Waals surface area contributed by atoms with Gasteiger partial charge in [-0.25, -0.2) is 9.97 Å². The zero-order chi connectivity index (χ0) is 20.9. The molecule has 0 saturated carbocycles. The first-order chi connectivity index (χ1) is 14.7. The van der Waals surface area contributed by atoms with Crippen LogP contribution in [-0.2, 0) is 6.54 Å². The molecule has 2 aromatic heterocycles. The molecule has 0 saturated heterocycles. The molecule has 0 radical (unpaired) electrons. The number of pyridine rings is 1. The summed E-state index contributed by atoms with van der Waals surface area (Å²) in [6, 6.07) is 9.62. The summed E-state index contributed by atoms with van der Waals surface area (Å²) in [7, 11) is 0. The zero-order valence-electron chi connectivity index (χ0n) is 16.4. The lowest BCUT2D eigenvalue weighted by Crippen LogP contribution is -2.21. The number of aliphatic imine (C=N–C) groups is 1. The summed E-state index contributed by atoms with van der Waals surface area (Å²) >= 11 is 0. The molecule has 0 bridgehead atoms. The predicted octanol–water partition coefficient (Wildman–Crippen LogP) is 3.84. The molecule has 1 aliphatic rings. The highest BCUT2D eigenvalue weighted by Gasteiger charge is 2.15. The first-order valence-electron chi connectivity index (χ1n) is 9.44. The van der Waals surface area contributed by atoms with Gasteiger partial charge in [-0.2, -0.15) is 0 Å². The lowest BCUT2D eigenvalue weighted by molar-refractivity contribution is 0.773. The van der Waals surface area contributed by atoms with Crippen molar-refractivity contribution in [3.8, 4) is 11.4 Å². The van der Waals surface area contributed by atoms with Crippen LogP contribution in [-0.4, -0.2) is 33.5 Å². The predicted molar refractivity (Wildman–Crippen MR) is 122 cm³/mol. The lowest BCUT2D eigenvalue weighted by Gasteiger charge is -2.24. The van der Waals surface area contributed by atoms with Crippen LogP contribution in [0.25, 0.3) is 11.4 Å². The summed E-state index contributed by atoms with van der Waals surface area (Å²) in [5, 5.41) is 10.6. The number of hydrogen-bond acceptors (Lipinski definition) is 7. The van der Waals surface area contributed by atoms with Crippen LogP contribution in [0.15, 0.2) is 78.5 Å². The molecule has 0 aliphatic carbocycles. The second kappa shape index (κ2) is 8.44. The van der Waals surface area contributed by atoms with Crippen molar-refractivity contribution in [1.82, 2.24) is 14.5 Å². The second-order valence-corrected chi connectivity index (χ2v) is 6.66. The normalized spacial score (nSPS) is 12.4. The van der Waals surface area contributed by atoms with Gasteiger partial charge in [-0.3, -0.25) is 4.99 Å². The number of benzene rings is 1. The van der Waals surface area contributed by atoms with Gasteiger partial charge in [0, 0.05) is 48.5 Å². The number of nitrogen functional groups attached to an aromatic ring is 1. The second-order valence-electron chi connectivity index (χ2n) is 6.66. The topological polar surface area (TPSA) is 108 Å². The van der Waals surface area contributed by atoms with Crippen LogP contribution in [0.4, 0.5) is 22.9 Å².